The summed E-state index contributed by atoms with van der Waals surface area (Å²) in [6, 6.07) is 2.43. The minimum Gasteiger partial charge on any atom is -0.353 e. The Morgan fingerprint density at radius 2 is 1.96 bits per heavy atom. The van der Waals surface area contributed by atoms with E-state index in [0.717, 1.165) is 61.7 Å². The third kappa shape index (κ3) is 3.82. The molecule has 3 heterocycles. The van der Waals surface area contributed by atoms with Gasteiger partial charge in [-0.2, -0.15) is 0 Å². The molecule has 1 saturated heterocycles. The van der Waals surface area contributed by atoms with Crippen LogP contribution in [0.1, 0.15) is 37.9 Å². The van der Waals surface area contributed by atoms with Gasteiger partial charge in [0.05, 0.1) is 11.9 Å². The second-order valence-corrected chi connectivity index (χ2v) is 7.50. The van der Waals surface area contributed by atoms with E-state index < -0.39 is 0 Å². The van der Waals surface area contributed by atoms with Crippen LogP contribution in [-0.2, 0) is 4.79 Å². The number of aromatic amines is 1. The van der Waals surface area contributed by atoms with Crippen molar-refractivity contribution in [2.75, 3.05) is 37.6 Å². The lowest BCUT2D eigenvalue weighted by molar-refractivity contribution is -0.123. The number of piperazine rings is 1. The Labute approximate surface area is 154 Å². The van der Waals surface area contributed by atoms with Crippen LogP contribution in [0.25, 0.3) is 11.0 Å². The van der Waals surface area contributed by atoms with E-state index in [4.69, 9.17) is 0 Å². The predicted octanol–water partition coefficient (Wildman–Crippen LogP) is 1.84. The molecular formula is C19H28N6O. The first-order chi connectivity index (χ1) is 12.7. The average molecular weight is 356 g/mol. The lowest BCUT2D eigenvalue weighted by Crippen LogP contribution is -2.51. The van der Waals surface area contributed by atoms with E-state index >= 15 is 0 Å². The van der Waals surface area contributed by atoms with Crippen molar-refractivity contribution in [3.05, 3.63) is 18.1 Å². The molecule has 0 aromatic carbocycles. The molecule has 7 nitrogen and oxygen atoms in total. The summed E-state index contributed by atoms with van der Waals surface area (Å²) in [6.45, 7) is 5.96. The Kier molecular flexibility index (Phi) is 5.06. The SMILES string of the molecule is Cc1nc(N2CCN(CC(=O)NC3CCCCC3)CC2)c2cc[nH]c2n1. The van der Waals surface area contributed by atoms with Crippen LogP contribution in [0, 0.1) is 6.92 Å². The molecule has 1 aliphatic carbocycles. The van der Waals surface area contributed by atoms with Gasteiger partial charge >= 0.3 is 0 Å². The first kappa shape index (κ1) is 17.3. The number of aryl methyl sites for hydroxylation is 1. The Hall–Kier alpha value is -2.15. The van der Waals surface area contributed by atoms with Crippen molar-refractivity contribution >= 4 is 22.8 Å². The lowest BCUT2D eigenvalue weighted by Gasteiger charge is -2.35. The summed E-state index contributed by atoms with van der Waals surface area (Å²) in [6.07, 6.45) is 7.99. The van der Waals surface area contributed by atoms with Gasteiger partial charge in [-0.05, 0) is 25.8 Å². The van der Waals surface area contributed by atoms with Gasteiger partial charge in [-0.3, -0.25) is 9.69 Å². The van der Waals surface area contributed by atoms with Crippen LogP contribution in [-0.4, -0.2) is 64.5 Å². The van der Waals surface area contributed by atoms with Crippen molar-refractivity contribution in [1.82, 2.24) is 25.2 Å². The molecule has 1 saturated carbocycles. The maximum absolute atomic E-state index is 12.3. The number of hydrogen-bond donors (Lipinski definition) is 2. The van der Waals surface area contributed by atoms with Crippen LogP contribution in [0.15, 0.2) is 12.3 Å². The normalized spacial score (nSPS) is 19.8. The van der Waals surface area contributed by atoms with Crippen LogP contribution in [0.3, 0.4) is 0 Å². The third-order valence-corrected chi connectivity index (χ3v) is 5.52. The van der Waals surface area contributed by atoms with Gasteiger partial charge in [0.25, 0.3) is 0 Å². The summed E-state index contributed by atoms with van der Waals surface area (Å²) < 4.78 is 0. The molecule has 2 aromatic heterocycles. The van der Waals surface area contributed by atoms with Gasteiger partial charge in [-0.1, -0.05) is 19.3 Å². The van der Waals surface area contributed by atoms with Crippen LogP contribution in [0.5, 0.6) is 0 Å². The minimum absolute atomic E-state index is 0.177. The quantitative estimate of drug-likeness (QED) is 0.874. The van der Waals surface area contributed by atoms with E-state index in [1.165, 1.54) is 19.3 Å². The fraction of sp³-hybridized carbons (Fsp3) is 0.632. The fourth-order valence-corrected chi connectivity index (χ4v) is 4.12. The van der Waals surface area contributed by atoms with Crippen molar-refractivity contribution in [1.29, 1.82) is 0 Å². The van der Waals surface area contributed by atoms with Gasteiger partial charge in [0, 0.05) is 38.4 Å². The van der Waals surface area contributed by atoms with E-state index in [1.807, 2.05) is 19.2 Å². The van der Waals surface area contributed by atoms with Crippen LogP contribution < -0.4 is 10.2 Å². The number of fused-ring (bicyclic) bond motifs is 1. The fourth-order valence-electron chi connectivity index (χ4n) is 4.12. The Morgan fingerprint density at radius 3 is 2.73 bits per heavy atom. The molecule has 7 heteroatoms. The van der Waals surface area contributed by atoms with Gasteiger partial charge in [0.15, 0.2) is 0 Å². The molecule has 0 radical (unpaired) electrons. The summed E-state index contributed by atoms with van der Waals surface area (Å²) in [5.41, 5.74) is 0.891. The van der Waals surface area contributed by atoms with E-state index in [1.54, 1.807) is 0 Å². The first-order valence-electron chi connectivity index (χ1n) is 9.77. The molecule has 1 amide bonds. The summed E-state index contributed by atoms with van der Waals surface area (Å²) >= 11 is 0. The number of aromatic nitrogens is 3. The maximum Gasteiger partial charge on any atom is 0.234 e. The number of nitrogens with one attached hydrogen (secondary N) is 2. The summed E-state index contributed by atoms with van der Waals surface area (Å²) in [4.78, 5) is 29.2. The molecule has 2 N–H and O–H groups in total. The molecule has 26 heavy (non-hydrogen) atoms. The van der Waals surface area contributed by atoms with Crippen LogP contribution in [0.4, 0.5) is 5.82 Å². The van der Waals surface area contributed by atoms with Gasteiger partial charge in [-0.15, -0.1) is 0 Å². The summed E-state index contributed by atoms with van der Waals surface area (Å²) in [7, 11) is 0. The molecule has 0 atom stereocenters. The number of carbonyl (C=O) groups is 1. The average Bonchev–Trinajstić information content (AvgIpc) is 3.11. The number of carbonyl (C=O) groups excluding carboxylic acids is 1. The predicted molar refractivity (Wildman–Crippen MR) is 102 cm³/mol. The van der Waals surface area contributed by atoms with Gasteiger partial charge in [0.1, 0.15) is 17.3 Å². The second kappa shape index (κ2) is 7.61. The first-order valence-corrected chi connectivity index (χ1v) is 9.77. The van der Waals surface area contributed by atoms with Crippen molar-refractivity contribution in [2.24, 2.45) is 0 Å². The second-order valence-electron chi connectivity index (χ2n) is 7.50. The summed E-state index contributed by atoms with van der Waals surface area (Å²) in [5, 5.41) is 4.29. The van der Waals surface area contributed by atoms with E-state index in [0.29, 0.717) is 12.6 Å². The van der Waals surface area contributed by atoms with Crippen LogP contribution in [0.2, 0.25) is 0 Å². The number of rotatable bonds is 4. The standard InChI is InChI=1S/C19H28N6O/c1-14-21-18-16(7-8-20-18)19(22-14)25-11-9-24(10-12-25)13-17(26)23-15-5-3-2-4-6-15/h7-8,15H,2-6,9-13H2,1H3,(H,23,26)(H,20,21,22). The smallest absolute Gasteiger partial charge is 0.234 e. The number of anilines is 1. The van der Waals surface area contributed by atoms with Gasteiger partial charge in [0.2, 0.25) is 5.91 Å². The molecule has 0 unspecified atom stereocenters. The highest BCUT2D eigenvalue weighted by Crippen LogP contribution is 2.24. The minimum atomic E-state index is 0.177. The van der Waals surface area contributed by atoms with E-state index in [2.05, 4.69) is 30.1 Å². The lowest BCUT2D eigenvalue weighted by atomic mass is 9.95. The maximum atomic E-state index is 12.3. The largest absolute Gasteiger partial charge is 0.353 e. The third-order valence-electron chi connectivity index (χ3n) is 5.52. The van der Waals surface area contributed by atoms with Crippen molar-refractivity contribution < 1.29 is 4.79 Å². The molecule has 1 aliphatic heterocycles. The van der Waals surface area contributed by atoms with Gasteiger partial charge in [-0.25, -0.2) is 9.97 Å². The van der Waals surface area contributed by atoms with Crippen molar-refractivity contribution in [3.63, 3.8) is 0 Å². The van der Waals surface area contributed by atoms with E-state index in [9.17, 15) is 4.79 Å². The zero-order valence-corrected chi connectivity index (χ0v) is 15.5. The molecule has 2 aromatic rings. The Morgan fingerprint density at radius 1 is 1.19 bits per heavy atom. The molecule has 0 spiro atoms. The molecule has 4 rings (SSSR count). The Balaban J connectivity index is 1.32. The number of hydrogen-bond acceptors (Lipinski definition) is 5. The topological polar surface area (TPSA) is 77.2 Å². The van der Waals surface area contributed by atoms with Crippen molar-refractivity contribution in [3.8, 4) is 0 Å². The number of H-pyrrole nitrogens is 1. The number of nitrogens with zero attached hydrogens (tertiary/aromatic N) is 4. The van der Waals surface area contributed by atoms with Crippen LogP contribution >= 0.6 is 0 Å². The zero-order valence-electron chi connectivity index (χ0n) is 15.5. The highest BCUT2D eigenvalue weighted by Gasteiger charge is 2.23. The van der Waals surface area contributed by atoms with Crippen molar-refractivity contribution in [2.45, 2.75) is 45.1 Å². The summed E-state index contributed by atoms with van der Waals surface area (Å²) in [5.74, 6) is 1.96. The Bertz CT molecular complexity index is 758. The molecular weight excluding hydrogens is 328 g/mol. The highest BCUT2D eigenvalue weighted by molar-refractivity contribution is 5.87. The molecule has 140 valence electrons. The highest BCUT2D eigenvalue weighted by atomic mass is 16.2. The number of amides is 1. The molecule has 2 fully saturated rings. The van der Waals surface area contributed by atoms with E-state index in [-0.39, 0.29) is 5.91 Å². The van der Waals surface area contributed by atoms with Gasteiger partial charge < -0.3 is 15.2 Å². The monoisotopic (exact) mass is 356 g/mol. The zero-order chi connectivity index (χ0) is 17.9. The molecule has 0 bridgehead atoms. The molecule has 2 aliphatic rings.